The van der Waals surface area contributed by atoms with E-state index >= 15 is 0 Å². The second-order valence-corrected chi connectivity index (χ2v) is 9.07. The van der Waals surface area contributed by atoms with Crippen molar-refractivity contribution in [2.75, 3.05) is 40.0 Å². The Labute approximate surface area is 183 Å². The minimum atomic E-state index is 0.164. The molecule has 2 fully saturated rings. The molecule has 1 aliphatic heterocycles. The highest BCUT2D eigenvalue weighted by molar-refractivity contribution is 5.79. The fraction of sp³-hybridized carbons (Fsp3) is 0.720. The van der Waals surface area contributed by atoms with Crippen molar-refractivity contribution in [3.8, 4) is 0 Å². The topological polar surface area (TPSA) is 54.9 Å². The molecule has 5 nitrogen and oxygen atoms in total. The average molecular weight is 416 g/mol. The van der Waals surface area contributed by atoms with E-state index in [0.29, 0.717) is 11.3 Å². The predicted molar refractivity (Wildman–Crippen MR) is 124 cm³/mol. The van der Waals surface area contributed by atoms with Crippen LogP contribution in [0.4, 0.5) is 0 Å². The van der Waals surface area contributed by atoms with E-state index < -0.39 is 0 Å². The largest absolute Gasteiger partial charge is 0.382 e. The van der Waals surface area contributed by atoms with Crippen molar-refractivity contribution in [3.63, 3.8) is 0 Å². The maximum Gasteiger partial charge on any atom is 0.191 e. The van der Waals surface area contributed by atoms with Gasteiger partial charge in [-0.15, -0.1) is 0 Å². The van der Waals surface area contributed by atoms with E-state index in [1.165, 1.54) is 43.2 Å². The first-order valence-corrected chi connectivity index (χ1v) is 11.9. The van der Waals surface area contributed by atoms with E-state index in [1.54, 1.807) is 0 Å². The lowest BCUT2D eigenvalue weighted by molar-refractivity contribution is -0.0265. The van der Waals surface area contributed by atoms with Crippen LogP contribution in [-0.4, -0.2) is 45.9 Å². The number of aliphatic imine (C=N–C) groups is 1. The zero-order chi connectivity index (χ0) is 21.2. The van der Waals surface area contributed by atoms with E-state index in [1.807, 2.05) is 7.05 Å². The van der Waals surface area contributed by atoms with E-state index in [0.717, 1.165) is 51.7 Å². The Balaban J connectivity index is 1.52. The third-order valence-electron chi connectivity index (χ3n) is 6.88. The summed E-state index contributed by atoms with van der Waals surface area (Å²) in [6.07, 6.45) is 8.84. The first-order chi connectivity index (χ1) is 14.7. The molecule has 2 N–H and O–H groups in total. The van der Waals surface area contributed by atoms with Gasteiger partial charge in [0.1, 0.15) is 0 Å². The molecule has 1 heterocycles. The van der Waals surface area contributed by atoms with Crippen molar-refractivity contribution < 1.29 is 9.47 Å². The zero-order valence-electron chi connectivity index (χ0n) is 19.2. The Morgan fingerprint density at radius 2 is 1.93 bits per heavy atom. The van der Waals surface area contributed by atoms with Crippen LogP contribution < -0.4 is 10.6 Å². The third kappa shape index (κ3) is 6.45. The number of nitrogens with zero attached hydrogens (tertiary/aromatic N) is 1. The molecule has 2 aliphatic rings. The summed E-state index contributed by atoms with van der Waals surface area (Å²) in [6.45, 7) is 8.58. The minimum absolute atomic E-state index is 0.164. The normalized spacial score (nSPS) is 24.0. The van der Waals surface area contributed by atoms with Crippen molar-refractivity contribution in [1.82, 2.24) is 10.6 Å². The molecule has 30 heavy (non-hydrogen) atoms. The first-order valence-electron chi connectivity index (χ1n) is 11.9. The lowest BCUT2D eigenvalue weighted by atomic mass is 9.83. The summed E-state index contributed by atoms with van der Waals surface area (Å²) in [5.41, 5.74) is 2.93. The van der Waals surface area contributed by atoms with Crippen LogP contribution in [0.15, 0.2) is 29.3 Å². The number of hydrogen-bond donors (Lipinski definition) is 2. The minimum Gasteiger partial charge on any atom is -0.382 e. The van der Waals surface area contributed by atoms with Crippen LogP contribution in [0.1, 0.15) is 69.1 Å². The number of benzene rings is 1. The predicted octanol–water partition coefficient (Wildman–Crippen LogP) is 4.61. The van der Waals surface area contributed by atoms with Gasteiger partial charge in [0.15, 0.2) is 5.96 Å². The summed E-state index contributed by atoms with van der Waals surface area (Å²) in [5.74, 6) is 1.37. The molecule has 2 unspecified atom stereocenters. The molecule has 0 bridgehead atoms. The molecule has 168 valence electrons. The number of ether oxygens (including phenoxy) is 2. The zero-order valence-corrected chi connectivity index (χ0v) is 19.2. The van der Waals surface area contributed by atoms with E-state index in [2.05, 4.69) is 53.7 Å². The van der Waals surface area contributed by atoms with Crippen LogP contribution in [0.3, 0.4) is 0 Å². The molecule has 0 aromatic heterocycles. The van der Waals surface area contributed by atoms with Crippen LogP contribution in [0.25, 0.3) is 0 Å². The van der Waals surface area contributed by atoms with Gasteiger partial charge in [-0.3, -0.25) is 4.99 Å². The van der Waals surface area contributed by atoms with Crippen molar-refractivity contribution >= 4 is 5.96 Å². The molecular formula is C25H41N3O2. The lowest BCUT2D eigenvalue weighted by Crippen LogP contribution is -2.45. The van der Waals surface area contributed by atoms with Gasteiger partial charge in [-0.25, -0.2) is 0 Å². The van der Waals surface area contributed by atoms with Gasteiger partial charge in [-0.05, 0) is 56.9 Å². The summed E-state index contributed by atoms with van der Waals surface area (Å²) in [7, 11) is 1.87. The van der Waals surface area contributed by atoms with Crippen molar-refractivity contribution in [3.05, 3.63) is 35.4 Å². The van der Waals surface area contributed by atoms with Gasteiger partial charge >= 0.3 is 0 Å². The van der Waals surface area contributed by atoms with Crippen LogP contribution in [0.5, 0.6) is 0 Å². The fourth-order valence-corrected chi connectivity index (χ4v) is 4.97. The Morgan fingerprint density at radius 3 is 2.63 bits per heavy atom. The van der Waals surface area contributed by atoms with E-state index in [9.17, 15) is 0 Å². The summed E-state index contributed by atoms with van der Waals surface area (Å²) < 4.78 is 11.8. The number of aryl methyl sites for hydroxylation is 1. The molecule has 1 saturated carbocycles. The number of hydrogen-bond acceptors (Lipinski definition) is 3. The number of guanidine groups is 1. The Kier molecular flexibility index (Phi) is 9.01. The van der Waals surface area contributed by atoms with Crippen molar-refractivity contribution in [2.45, 2.75) is 64.9 Å². The van der Waals surface area contributed by atoms with Crippen LogP contribution in [-0.2, 0) is 9.47 Å². The summed E-state index contributed by atoms with van der Waals surface area (Å²) in [6, 6.07) is 8.80. The van der Waals surface area contributed by atoms with E-state index in [4.69, 9.17) is 9.47 Å². The quantitative estimate of drug-likeness (QED) is 0.351. The summed E-state index contributed by atoms with van der Waals surface area (Å²) in [5, 5.41) is 7.21. The van der Waals surface area contributed by atoms with Gasteiger partial charge in [0, 0.05) is 45.9 Å². The SMILES string of the molecule is CCOCCC1(CNC(=NC)NCC2CCCOC2c2ccc(C)cc2)CCCC1. The Hall–Kier alpha value is -1.59. The van der Waals surface area contributed by atoms with Gasteiger partial charge in [0.05, 0.1) is 6.10 Å². The fourth-order valence-electron chi connectivity index (χ4n) is 4.97. The Morgan fingerprint density at radius 1 is 1.17 bits per heavy atom. The van der Waals surface area contributed by atoms with Gasteiger partial charge < -0.3 is 20.1 Å². The lowest BCUT2D eigenvalue weighted by Gasteiger charge is -2.33. The average Bonchev–Trinajstić information content (AvgIpc) is 3.24. The summed E-state index contributed by atoms with van der Waals surface area (Å²) >= 11 is 0. The molecule has 0 radical (unpaired) electrons. The van der Waals surface area contributed by atoms with Crippen LogP contribution in [0.2, 0.25) is 0 Å². The number of rotatable bonds is 9. The molecule has 1 aliphatic carbocycles. The van der Waals surface area contributed by atoms with Crippen molar-refractivity contribution in [2.24, 2.45) is 16.3 Å². The van der Waals surface area contributed by atoms with Crippen molar-refractivity contribution in [1.29, 1.82) is 0 Å². The Bertz CT molecular complexity index is 653. The second-order valence-electron chi connectivity index (χ2n) is 9.07. The molecule has 1 saturated heterocycles. The third-order valence-corrected chi connectivity index (χ3v) is 6.88. The van der Waals surface area contributed by atoms with Gasteiger partial charge in [0.25, 0.3) is 0 Å². The van der Waals surface area contributed by atoms with Crippen LogP contribution in [0, 0.1) is 18.3 Å². The maximum absolute atomic E-state index is 6.18. The molecular weight excluding hydrogens is 374 g/mol. The molecule has 0 spiro atoms. The molecule has 5 heteroatoms. The van der Waals surface area contributed by atoms with Gasteiger partial charge in [0.2, 0.25) is 0 Å². The maximum atomic E-state index is 6.18. The molecule has 1 aromatic carbocycles. The first kappa shape index (κ1) is 23.1. The standard InChI is InChI=1S/C25H41N3O2/c1-4-29-17-15-25(13-5-6-14-25)19-28-24(26-3)27-18-22-8-7-16-30-23(22)21-11-9-20(2)10-12-21/h9-12,22-23H,4-8,13-19H2,1-3H3,(H2,26,27,28). The summed E-state index contributed by atoms with van der Waals surface area (Å²) in [4.78, 5) is 4.49. The number of nitrogens with one attached hydrogen (secondary N) is 2. The highest BCUT2D eigenvalue weighted by Crippen LogP contribution is 2.40. The van der Waals surface area contributed by atoms with E-state index in [-0.39, 0.29) is 6.10 Å². The van der Waals surface area contributed by atoms with Gasteiger partial charge in [-0.1, -0.05) is 42.7 Å². The monoisotopic (exact) mass is 415 g/mol. The molecule has 1 aromatic rings. The highest BCUT2D eigenvalue weighted by atomic mass is 16.5. The molecule has 0 amide bonds. The van der Waals surface area contributed by atoms with Crippen LogP contribution >= 0.6 is 0 Å². The smallest absolute Gasteiger partial charge is 0.191 e. The second kappa shape index (κ2) is 11.7. The molecule has 3 rings (SSSR count). The highest BCUT2D eigenvalue weighted by Gasteiger charge is 2.34. The van der Waals surface area contributed by atoms with Gasteiger partial charge in [-0.2, -0.15) is 0 Å². The molecule has 2 atom stereocenters.